The molecule has 0 saturated carbocycles. The van der Waals surface area contributed by atoms with Gasteiger partial charge >= 0.3 is 0 Å². The van der Waals surface area contributed by atoms with Crippen molar-refractivity contribution in [3.05, 3.63) is 54.1 Å². The molecular formula is C18H22N2O3. The molecule has 0 heterocycles. The molecular weight excluding hydrogens is 292 g/mol. The third-order valence-corrected chi connectivity index (χ3v) is 3.43. The molecule has 0 aliphatic heterocycles. The molecule has 0 spiro atoms. The van der Waals surface area contributed by atoms with Crippen LogP contribution in [-0.4, -0.2) is 25.7 Å². The molecule has 2 aromatic carbocycles. The van der Waals surface area contributed by atoms with E-state index in [-0.39, 0.29) is 5.91 Å². The highest BCUT2D eigenvalue weighted by molar-refractivity contribution is 5.80. The van der Waals surface area contributed by atoms with E-state index in [1.165, 1.54) is 0 Å². The lowest BCUT2D eigenvalue weighted by molar-refractivity contribution is -0.127. The lowest BCUT2D eigenvalue weighted by Crippen LogP contribution is -2.37. The molecule has 0 saturated heterocycles. The van der Waals surface area contributed by atoms with Gasteiger partial charge in [0.2, 0.25) is 0 Å². The number of nitrogen functional groups attached to an aromatic ring is 1. The number of benzene rings is 2. The van der Waals surface area contributed by atoms with Gasteiger partial charge in [0.1, 0.15) is 11.5 Å². The van der Waals surface area contributed by atoms with E-state index >= 15 is 0 Å². The summed E-state index contributed by atoms with van der Waals surface area (Å²) < 4.78 is 10.7. The number of carbonyl (C=O) groups excluding carboxylic acids is 1. The van der Waals surface area contributed by atoms with Crippen molar-refractivity contribution in [3.8, 4) is 11.5 Å². The van der Waals surface area contributed by atoms with Crippen molar-refractivity contribution in [2.75, 3.05) is 19.4 Å². The molecule has 2 rings (SSSR count). The fourth-order valence-corrected chi connectivity index (χ4v) is 2.07. The zero-order valence-corrected chi connectivity index (χ0v) is 13.4. The number of nitrogens with two attached hydrogens (primary N) is 1. The average molecular weight is 314 g/mol. The molecule has 5 nitrogen and oxygen atoms in total. The summed E-state index contributed by atoms with van der Waals surface area (Å²) in [4.78, 5) is 12.0. The first kappa shape index (κ1) is 16.7. The summed E-state index contributed by atoms with van der Waals surface area (Å²) in [5, 5.41) is 2.87. The van der Waals surface area contributed by atoms with Gasteiger partial charge in [0, 0.05) is 12.2 Å². The Hall–Kier alpha value is -2.69. The van der Waals surface area contributed by atoms with Gasteiger partial charge in [-0.3, -0.25) is 4.79 Å². The standard InChI is InChI=1S/C18H22N2O3/c1-13(23-17-9-7-16(22-2)8-10-17)18(21)20-12-11-14-3-5-15(19)6-4-14/h3-10,13H,11-12,19H2,1-2H3,(H,20,21). The van der Waals surface area contributed by atoms with Crippen molar-refractivity contribution in [1.82, 2.24) is 5.32 Å². The van der Waals surface area contributed by atoms with Crippen LogP contribution in [0.2, 0.25) is 0 Å². The first-order valence-corrected chi connectivity index (χ1v) is 7.51. The van der Waals surface area contributed by atoms with Crippen molar-refractivity contribution in [1.29, 1.82) is 0 Å². The van der Waals surface area contributed by atoms with Crippen LogP contribution >= 0.6 is 0 Å². The Labute approximate surface area is 136 Å². The number of hydrogen-bond acceptors (Lipinski definition) is 4. The van der Waals surface area contributed by atoms with E-state index in [4.69, 9.17) is 15.2 Å². The van der Waals surface area contributed by atoms with Gasteiger partial charge in [0.15, 0.2) is 6.10 Å². The maximum absolute atomic E-state index is 12.0. The van der Waals surface area contributed by atoms with Crippen LogP contribution < -0.4 is 20.5 Å². The van der Waals surface area contributed by atoms with Crippen molar-refractivity contribution in [2.45, 2.75) is 19.4 Å². The van der Waals surface area contributed by atoms with E-state index in [1.54, 1.807) is 38.3 Å². The first-order valence-electron chi connectivity index (χ1n) is 7.51. The molecule has 0 aliphatic rings. The second-order valence-corrected chi connectivity index (χ2v) is 5.22. The van der Waals surface area contributed by atoms with Crippen LogP contribution in [0.4, 0.5) is 5.69 Å². The lowest BCUT2D eigenvalue weighted by Gasteiger charge is -2.15. The molecule has 1 amide bonds. The quantitative estimate of drug-likeness (QED) is 0.770. The minimum absolute atomic E-state index is 0.142. The summed E-state index contributed by atoms with van der Waals surface area (Å²) in [6.07, 6.45) is 0.191. The van der Waals surface area contributed by atoms with E-state index < -0.39 is 6.10 Å². The van der Waals surface area contributed by atoms with Crippen LogP contribution in [0.1, 0.15) is 12.5 Å². The van der Waals surface area contributed by atoms with Crippen LogP contribution in [0.5, 0.6) is 11.5 Å². The predicted octanol–water partition coefficient (Wildman–Crippen LogP) is 2.40. The van der Waals surface area contributed by atoms with Crippen LogP contribution in [0.25, 0.3) is 0 Å². The zero-order chi connectivity index (χ0) is 16.7. The minimum Gasteiger partial charge on any atom is -0.497 e. The third kappa shape index (κ3) is 5.21. The maximum Gasteiger partial charge on any atom is 0.260 e. The Morgan fingerprint density at radius 1 is 1.09 bits per heavy atom. The molecule has 2 aromatic rings. The molecule has 23 heavy (non-hydrogen) atoms. The second-order valence-electron chi connectivity index (χ2n) is 5.22. The lowest BCUT2D eigenvalue weighted by atomic mass is 10.1. The van der Waals surface area contributed by atoms with Crippen molar-refractivity contribution >= 4 is 11.6 Å². The molecule has 0 aliphatic carbocycles. The topological polar surface area (TPSA) is 73.6 Å². The van der Waals surface area contributed by atoms with Gasteiger partial charge in [-0.05, 0) is 55.3 Å². The molecule has 0 fully saturated rings. The van der Waals surface area contributed by atoms with Crippen molar-refractivity contribution < 1.29 is 14.3 Å². The second kappa shape index (κ2) is 8.08. The Bertz CT molecular complexity index is 624. The van der Waals surface area contributed by atoms with E-state index in [0.717, 1.165) is 23.4 Å². The molecule has 3 N–H and O–H groups in total. The molecule has 0 aromatic heterocycles. The van der Waals surface area contributed by atoms with Gasteiger partial charge in [-0.1, -0.05) is 12.1 Å². The van der Waals surface area contributed by atoms with Crippen molar-refractivity contribution in [2.24, 2.45) is 0 Å². The number of methoxy groups -OCH3 is 1. The Morgan fingerprint density at radius 2 is 1.70 bits per heavy atom. The molecule has 122 valence electrons. The largest absolute Gasteiger partial charge is 0.497 e. The molecule has 1 unspecified atom stereocenters. The van der Waals surface area contributed by atoms with Crippen LogP contribution in [0.15, 0.2) is 48.5 Å². The normalized spacial score (nSPS) is 11.6. The highest BCUT2D eigenvalue weighted by atomic mass is 16.5. The Kier molecular flexibility index (Phi) is 5.86. The van der Waals surface area contributed by atoms with Gasteiger partial charge in [-0.15, -0.1) is 0 Å². The highest BCUT2D eigenvalue weighted by Crippen LogP contribution is 2.18. The van der Waals surface area contributed by atoms with Crippen LogP contribution in [0.3, 0.4) is 0 Å². The van der Waals surface area contributed by atoms with Gasteiger partial charge in [-0.25, -0.2) is 0 Å². The van der Waals surface area contributed by atoms with E-state index in [2.05, 4.69) is 5.32 Å². The monoisotopic (exact) mass is 314 g/mol. The van der Waals surface area contributed by atoms with Gasteiger partial charge < -0.3 is 20.5 Å². The fraction of sp³-hybridized carbons (Fsp3) is 0.278. The summed E-state index contributed by atoms with van der Waals surface area (Å²) in [6, 6.07) is 14.8. The molecule has 0 radical (unpaired) electrons. The molecule has 1 atom stereocenters. The van der Waals surface area contributed by atoms with E-state index in [1.807, 2.05) is 24.3 Å². The number of nitrogens with one attached hydrogen (secondary N) is 1. The number of rotatable bonds is 7. The van der Waals surface area contributed by atoms with Gasteiger partial charge in [0.25, 0.3) is 5.91 Å². The van der Waals surface area contributed by atoms with Gasteiger partial charge in [-0.2, -0.15) is 0 Å². The smallest absolute Gasteiger partial charge is 0.260 e. The summed E-state index contributed by atoms with van der Waals surface area (Å²) >= 11 is 0. The van der Waals surface area contributed by atoms with E-state index in [9.17, 15) is 4.79 Å². The van der Waals surface area contributed by atoms with Gasteiger partial charge in [0.05, 0.1) is 7.11 Å². The molecule has 5 heteroatoms. The number of ether oxygens (including phenoxy) is 2. The zero-order valence-electron chi connectivity index (χ0n) is 13.4. The fourth-order valence-electron chi connectivity index (χ4n) is 2.07. The van der Waals surface area contributed by atoms with Crippen LogP contribution in [-0.2, 0) is 11.2 Å². The SMILES string of the molecule is COc1ccc(OC(C)C(=O)NCCc2ccc(N)cc2)cc1. The Morgan fingerprint density at radius 3 is 2.30 bits per heavy atom. The van der Waals surface area contributed by atoms with Crippen LogP contribution in [0, 0.1) is 0 Å². The molecule has 0 bridgehead atoms. The number of anilines is 1. The summed E-state index contributed by atoms with van der Waals surface area (Å²) in [5.74, 6) is 1.24. The summed E-state index contributed by atoms with van der Waals surface area (Å²) in [5.41, 5.74) is 7.50. The Balaban J connectivity index is 1.76. The predicted molar refractivity (Wildman–Crippen MR) is 90.7 cm³/mol. The summed E-state index contributed by atoms with van der Waals surface area (Å²) in [6.45, 7) is 2.28. The highest BCUT2D eigenvalue weighted by Gasteiger charge is 2.14. The van der Waals surface area contributed by atoms with Crippen molar-refractivity contribution in [3.63, 3.8) is 0 Å². The first-order chi connectivity index (χ1) is 11.1. The third-order valence-electron chi connectivity index (χ3n) is 3.43. The number of carbonyl (C=O) groups is 1. The number of hydrogen-bond donors (Lipinski definition) is 2. The summed E-state index contributed by atoms with van der Waals surface area (Å²) in [7, 11) is 1.60. The minimum atomic E-state index is -0.560. The van der Waals surface area contributed by atoms with E-state index in [0.29, 0.717) is 12.3 Å². The average Bonchev–Trinajstić information content (AvgIpc) is 2.57. The maximum atomic E-state index is 12.0. The number of amides is 1.